The normalized spacial score (nSPS) is 9.64. The van der Waals surface area contributed by atoms with Crippen molar-refractivity contribution >= 4 is 5.82 Å². The standard InChI is InChI=1S/C8H13N3/c1-3-11(4-2)8-5-6-9-7-10-8/h5-7H,3-4H2,1-2H3. The number of hydrogen-bond acceptors (Lipinski definition) is 3. The predicted molar refractivity (Wildman–Crippen MR) is 45.6 cm³/mol. The summed E-state index contributed by atoms with van der Waals surface area (Å²) in [6, 6.07) is 1.92. The van der Waals surface area contributed by atoms with Gasteiger partial charge in [0, 0.05) is 19.3 Å². The first-order valence-corrected chi connectivity index (χ1v) is 3.89. The Bertz CT molecular complexity index is 194. The highest BCUT2D eigenvalue weighted by molar-refractivity contribution is 5.35. The maximum absolute atomic E-state index is 4.14. The van der Waals surface area contributed by atoms with Crippen molar-refractivity contribution in [2.45, 2.75) is 13.8 Å². The molecule has 0 aliphatic rings. The maximum Gasteiger partial charge on any atom is 0.131 e. The summed E-state index contributed by atoms with van der Waals surface area (Å²) < 4.78 is 0. The Kier molecular flexibility index (Phi) is 2.83. The quantitative estimate of drug-likeness (QED) is 0.652. The molecule has 0 fully saturated rings. The van der Waals surface area contributed by atoms with Gasteiger partial charge in [0.2, 0.25) is 0 Å². The second-order valence-electron chi connectivity index (χ2n) is 2.24. The van der Waals surface area contributed by atoms with Crippen LogP contribution in [0.1, 0.15) is 13.8 Å². The Labute approximate surface area is 67.1 Å². The Morgan fingerprint density at radius 3 is 2.55 bits per heavy atom. The lowest BCUT2D eigenvalue weighted by atomic mass is 10.4. The van der Waals surface area contributed by atoms with Gasteiger partial charge in [-0.15, -0.1) is 0 Å². The first-order chi connectivity index (χ1) is 5.38. The van der Waals surface area contributed by atoms with Crippen molar-refractivity contribution in [1.82, 2.24) is 9.97 Å². The Morgan fingerprint density at radius 1 is 1.36 bits per heavy atom. The first-order valence-electron chi connectivity index (χ1n) is 3.89. The van der Waals surface area contributed by atoms with Crippen molar-refractivity contribution in [2.24, 2.45) is 0 Å². The minimum Gasteiger partial charge on any atom is -0.357 e. The fourth-order valence-electron chi connectivity index (χ4n) is 1.02. The Morgan fingerprint density at radius 2 is 2.09 bits per heavy atom. The van der Waals surface area contributed by atoms with E-state index < -0.39 is 0 Å². The summed E-state index contributed by atoms with van der Waals surface area (Å²) in [7, 11) is 0. The summed E-state index contributed by atoms with van der Waals surface area (Å²) in [6.45, 7) is 6.22. The van der Waals surface area contributed by atoms with Crippen molar-refractivity contribution in [2.75, 3.05) is 18.0 Å². The van der Waals surface area contributed by atoms with Gasteiger partial charge in [0.1, 0.15) is 12.1 Å². The molecular weight excluding hydrogens is 138 g/mol. The van der Waals surface area contributed by atoms with E-state index in [1.807, 2.05) is 6.07 Å². The van der Waals surface area contributed by atoms with Crippen LogP contribution in [0.5, 0.6) is 0 Å². The highest BCUT2D eigenvalue weighted by Crippen LogP contribution is 2.05. The SMILES string of the molecule is CCN(CC)c1ccncn1. The molecule has 0 N–H and O–H groups in total. The van der Waals surface area contributed by atoms with Crippen molar-refractivity contribution in [3.05, 3.63) is 18.6 Å². The van der Waals surface area contributed by atoms with Crippen LogP contribution < -0.4 is 4.90 Å². The molecule has 1 heterocycles. The van der Waals surface area contributed by atoms with Gasteiger partial charge < -0.3 is 4.90 Å². The zero-order valence-corrected chi connectivity index (χ0v) is 6.99. The van der Waals surface area contributed by atoms with Crippen LogP contribution in [-0.2, 0) is 0 Å². The number of hydrogen-bond donors (Lipinski definition) is 0. The molecule has 11 heavy (non-hydrogen) atoms. The zero-order chi connectivity index (χ0) is 8.10. The van der Waals surface area contributed by atoms with Crippen LogP contribution in [0, 0.1) is 0 Å². The summed E-state index contributed by atoms with van der Waals surface area (Å²) >= 11 is 0. The number of nitrogens with zero attached hydrogens (tertiary/aromatic N) is 3. The van der Waals surface area contributed by atoms with Gasteiger partial charge in [0.15, 0.2) is 0 Å². The van der Waals surface area contributed by atoms with Gasteiger partial charge in [0.25, 0.3) is 0 Å². The van der Waals surface area contributed by atoms with Gasteiger partial charge in [-0.3, -0.25) is 0 Å². The fourth-order valence-corrected chi connectivity index (χ4v) is 1.02. The molecule has 1 aromatic heterocycles. The Balaban J connectivity index is 2.74. The Hall–Kier alpha value is -1.12. The predicted octanol–water partition coefficient (Wildman–Crippen LogP) is 1.32. The summed E-state index contributed by atoms with van der Waals surface area (Å²) in [5.41, 5.74) is 0. The molecule has 0 radical (unpaired) electrons. The van der Waals surface area contributed by atoms with Gasteiger partial charge in [-0.2, -0.15) is 0 Å². The van der Waals surface area contributed by atoms with Crippen molar-refractivity contribution in [3.8, 4) is 0 Å². The maximum atomic E-state index is 4.14. The molecule has 0 saturated carbocycles. The summed E-state index contributed by atoms with van der Waals surface area (Å²) in [5, 5.41) is 0. The van der Waals surface area contributed by atoms with Gasteiger partial charge in [-0.1, -0.05) is 0 Å². The van der Waals surface area contributed by atoms with Crippen LogP contribution in [-0.4, -0.2) is 23.1 Å². The second-order valence-corrected chi connectivity index (χ2v) is 2.24. The topological polar surface area (TPSA) is 29.0 Å². The fraction of sp³-hybridized carbons (Fsp3) is 0.500. The smallest absolute Gasteiger partial charge is 0.131 e. The molecule has 1 rings (SSSR count). The first kappa shape index (κ1) is 7.98. The van der Waals surface area contributed by atoms with Gasteiger partial charge in [-0.05, 0) is 19.9 Å². The molecule has 0 bridgehead atoms. The third-order valence-electron chi connectivity index (χ3n) is 1.65. The molecule has 0 aliphatic carbocycles. The minimum atomic E-state index is 0.994. The van der Waals surface area contributed by atoms with E-state index in [9.17, 15) is 0 Å². The minimum absolute atomic E-state index is 0.994. The number of aromatic nitrogens is 2. The molecule has 0 unspecified atom stereocenters. The lowest BCUT2D eigenvalue weighted by Crippen LogP contribution is -2.22. The van der Waals surface area contributed by atoms with E-state index >= 15 is 0 Å². The lowest BCUT2D eigenvalue weighted by Gasteiger charge is -2.18. The monoisotopic (exact) mass is 151 g/mol. The highest BCUT2D eigenvalue weighted by atomic mass is 15.2. The average molecular weight is 151 g/mol. The number of rotatable bonds is 3. The van der Waals surface area contributed by atoms with Crippen molar-refractivity contribution < 1.29 is 0 Å². The van der Waals surface area contributed by atoms with E-state index in [0.29, 0.717) is 0 Å². The zero-order valence-electron chi connectivity index (χ0n) is 6.99. The molecule has 60 valence electrons. The summed E-state index contributed by atoms with van der Waals surface area (Å²) in [6.07, 6.45) is 3.34. The van der Waals surface area contributed by atoms with E-state index in [2.05, 4.69) is 28.7 Å². The molecule has 3 heteroatoms. The third kappa shape index (κ3) is 1.90. The molecule has 0 spiro atoms. The molecule has 1 aromatic rings. The summed E-state index contributed by atoms with van der Waals surface area (Å²) in [5.74, 6) is 1.00. The largest absolute Gasteiger partial charge is 0.357 e. The van der Waals surface area contributed by atoms with Crippen LogP contribution in [0.25, 0.3) is 0 Å². The van der Waals surface area contributed by atoms with Crippen LogP contribution in [0.2, 0.25) is 0 Å². The van der Waals surface area contributed by atoms with E-state index in [4.69, 9.17) is 0 Å². The van der Waals surface area contributed by atoms with E-state index in [-0.39, 0.29) is 0 Å². The highest BCUT2D eigenvalue weighted by Gasteiger charge is 1.99. The van der Waals surface area contributed by atoms with E-state index in [0.717, 1.165) is 18.9 Å². The van der Waals surface area contributed by atoms with Crippen LogP contribution >= 0.6 is 0 Å². The van der Waals surface area contributed by atoms with Crippen LogP contribution in [0.3, 0.4) is 0 Å². The van der Waals surface area contributed by atoms with E-state index in [1.54, 1.807) is 12.5 Å². The van der Waals surface area contributed by atoms with Crippen LogP contribution in [0.15, 0.2) is 18.6 Å². The van der Waals surface area contributed by atoms with Gasteiger partial charge >= 0.3 is 0 Å². The van der Waals surface area contributed by atoms with Crippen molar-refractivity contribution in [3.63, 3.8) is 0 Å². The average Bonchev–Trinajstić information content (AvgIpc) is 2.09. The van der Waals surface area contributed by atoms with E-state index in [1.165, 1.54) is 0 Å². The third-order valence-corrected chi connectivity index (χ3v) is 1.65. The molecule has 0 saturated heterocycles. The summed E-state index contributed by atoms with van der Waals surface area (Å²) in [4.78, 5) is 10.2. The molecule has 3 nitrogen and oxygen atoms in total. The number of anilines is 1. The van der Waals surface area contributed by atoms with Crippen molar-refractivity contribution in [1.29, 1.82) is 0 Å². The molecular formula is C8H13N3. The molecule has 0 atom stereocenters. The van der Waals surface area contributed by atoms with Crippen LogP contribution in [0.4, 0.5) is 5.82 Å². The molecule has 0 amide bonds. The van der Waals surface area contributed by atoms with Gasteiger partial charge in [-0.25, -0.2) is 9.97 Å². The lowest BCUT2D eigenvalue weighted by molar-refractivity contribution is 0.841. The second kappa shape index (κ2) is 3.91. The van der Waals surface area contributed by atoms with Gasteiger partial charge in [0.05, 0.1) is 0 Å². The molecule has 0 aliphatic heterocycles. The molecule has 0 aromatic carbocycles.